The van der Waals surface area contributed by atoms with Gasteiger partial charge < -0.3 is 10.1 Å². The molecule has 1 amide bonds. The summed E-state index contributed by atoms with van der Waals surface area (Å²) in [6.45, 7) is 4.93. The van der Waals surface area contributed by atoms with Gasteiger partial charge in [-0.2, -0.15) is 4.31 Å². The second-order valence-electron chi connectivity index (χ2n) is 6.69. The number of nitrogens with zero attached hydrogens (tertiary/aromatic N) is 1. The summed E-state index contributed by atoms with van der Waals surface area (Å²) >= 11 is 0. The summed E-state index contributed by atoms with van der Waals surface area (Å²) in [5.41, 5.74) is 0.245. The van der Waals surface area contributed by atoms with Crippen LogP contribution in [0, 0.1) is 0 Å². The molecule has 1 heterocycles. The van der Waals surface area contributed by atoms with Gasteiger partial charge in [-0.05, 0) is 38.0 Å². The van der Waals surface area contributed by atoms with Crippen molar-refractivity contribution < 1.29 is 26.4 Å². The van der Waals surface area contributed by atoms with Gasteiger partial charge in [0.05, 0.1) is 29.2 Å². The molecule has 0 aromatic heterocycles. The van der Waals surface area contributed by atoms with Gasteiger partial charge in [-0.1, -0.05) is 6.92 Å². The van der Waals surface area contributed by atoms with Crippen molar-refractivity contribution >= 4 is 31.5 Å². The van der Waals surface area contributed by atoms with E-state index in [1.807, 2.05) is 6.92 Å². The van der Waals surface area contributed by atoms with Crippen LogP contribution in [0.5, 0.6) is 5.75 Å². The zero-order valence-corrected chi connectivity index (χ0v) is 17.6. The Hall–Kier alpha value is -1.65. The maximum Gasteiger partial charge on any atom is 0.243 e. The van der Waals surface area contributed by atoms with Crippen molar-refractivity contribution in [3.63, 3.8) is 0 Å². The summed E-state index contributed by atoms with van der Waals surface area (Å²) in [4.78, 5) is 11.4. The Labute approximate surface area is 160 Å². The number of carbonyl (C=O) groups excluding carboxylic acids is 1. The van der Waals surface area contributed by atoms with E-state index in [4.69, 9.17) is 4.74 Å². The lowest BCUT2D eigenvalue weighted by Crippen LogP contribution is -2.46. The number of benzene rings is 1. The van der Waals surface area contributed by atoms with E-state index < -0.39 is 25.9 Å². The van der Waals surface area contributed by atoms with E-state index in [2.05, 4.69) is 5.32 Å². The smallest absolute Gasteiger partial charge is 0.243 e. The molecule has 27 heavy (non-hydrogen) atoms. The molecule has 1 saturated heterocycles. The van der Waals surface area contributed by atoms with Crippen molar-refractivity contribution in [1.82, 2.24) is 4.31 Å². The number of nitrogens with one attached hydrogen (secondary N) is 1. The average molecular weight is 419 g/mol. The lowest BCUT2D eigenvalue weighted by molar-refractivity contribution is -0.114. The highest BCUT2D eigenvalue weighted by Crippen LogP contribution is 2.32. The Bertz CT molecular complexity index is 911. The first-order valence-electron chi connectivity index (χ1n) is 8.71. The first-order valence-corrected chi connectivity index (χ1v) is 12.0. The molecule has 152 valence electrons. The Morgan fingerprint density at radius 3 is 2.56 bits per heavy atom. The molecule has 0 spiro atoms. The molecule has 0 radical (unpaired) electrons. The van der Waals surface area contributed by atoms with Crippen molar-refractivity contribution in [2.24, 2.45) is 0 Å². The van der Waals surface area contributed by atoms with Crippen molar-refractivity contribution in [1.29, 1.82) is 0 Å². The number of amides is 1. The SMILES string of the molecule is CC[C@H](C)N([C@@H]1CCS(=O)(=O)C1)S(=O)(=O)c1ccc(OC)c(NC(C)=O)c1. The largest absolute Gasteiger partial charge is 0.495 e. The van der Waals surface area contributed by atoms with E-state index in [0.717, 1.165) is 0 Å². The van der Waals surface area contributed by atoms with Gasteiger partial charge in [0, 0.05) is 19.0 Å². The molecule has 1 fully saturated rings. The fourth-order valence-electron chi connectivity index (χ4n) is 3.21. The molecule has 8 nitrogen and oxygen atoms in total. The van der Waals surface area contributed by atoms with Crippen LogP contribution in [0.3, 0.4) is 0 Å². The number of carbonyl (C=O) groups is 1. The van der Waals surface area contributed by atoms with Crippen LogP contribution in [0.2, 0.25) is 0 Å². The molecule has 0 bridgehead atoms. The lowest BCUT2D eigenvalue weighted by atomic mass is 10.2. The number of hydrogen-bond acceptors (Lipinski definition) is 6. The number of methoxy groups -OCH3 is 1. The van der Waals surface area contributed by atoms with Gasteiger partial charge >= 0.3 is 0 Å². The second-order valence-corrected chi connectivity index (χ2v) is 10.8. The standard InChI is InChI=1S/C17H26N2O6S2/c1-5-12(2)19(14-8-9-26(21,22)11-14)27(23,24)15-6-7-17(25-4)16(10-15)18-13(3)20/h6-7,10,12,14H,5,8-9,11H2,1-4H3,(H,18,20)/t12-,14+/m0/s1. The van der Waals surface area contributed by atoms with Gasteiger partial charge in [0.25, 0.3) is 0 Å². The molecule has 0 aliphatic carbocycles. The number of sulfone groups is 1. The summed E-state index contributed by atoms with van der Waals surface area (Å²) in [5.74, 6) is -0.211. The zero-order valence-electron chi connectivity index (χ0n) is 15.9. The van der Waals surface area contributed by atoms with Gasteiger partial charge in [-0.25, -0.2) is 16.8 Å². The van der Waals surface area contributed by atoms with Crippen LogP contribution < -0.4 is 10.1 Å². The van der Waals surface area contributed by atoms with Crippen LogP contribution in [-0.4, -0.2) is 57.7 Å². The van der Waals surface area contributed by atoms with Crippen LogP contribution in [0.4, 0.5) is 5.69 Å². The number of ether oxygens (including phenoxy) is 1. The number of anilines is 1. The van der Waals surface area contributed by atoms with Crippen molar-refractivity contribution in [3.05, 3.63) is 18.2 Å². The van der Waals surface area contributed by atoms with Gasteiger partial charge in [0.2, 0.25) is 15.9 Å². The highest BCUT2D eigenvalue weighted by atomic mass is 32.2. The maximum atomic E-state index is 13.3. The number of rotatable bonds is 7. The number of sulfonamides is 1. The molecule has 10 heteroatoms. The fourth-order valence-corrected chi connectivity index (χ4v) is 6.96. The summed E-state index contributed by atoms with van der Waals surface area (Å²) in [6, 6.07) is 3.26. The topological polar surface area (TPSA) is 110 Å². The van der Waals surface area contributed by atoms with Crippen LogP contribution >= 0.6 is 0 Å². The molecule has 1 aliphatic rings. The van der Waals surface area contributed by atoms with Crippen LogP contribution in [-0.2, 0) is 24.7 Å². The van der Waals surface area contributed by atoms with Crippen LogP contribution in [0.15, 0.2) is 23.1 Å². The molecular weight excluding hydrogens is 392 g/mol. The minimum Gasteiger partial charge on any atom is -0.495 e. The minimum absolute atomic E-state index is 0.0140. The van der Waals surface area contributed by atoms with Gasteiger partial charge in [-0.15, -0.1) is 0 Å². The summed E-state index contributed by atoms with van der Waals surface area (Å²) in [5, 5.41) is 2.56. The highest BCUT2D eigenvalue weighted by Gasteiger charge is 2.41. The van der Waals surface area contributed by atoms with Crippen molar-refractivity contribution in [3.8, 4) is 5.75 Å². The normalized spacial score (nSPS) is 20.4. The molecular formula is C17H26N2O6S2. The first-order chi connectivity index (χ1) is 12.5. The molecule has 1 aromatic rings. The quantitative estimate of drug-likeness (QED) is 0.721. The molecule has 1 N–H and O–H groups in total. The fraction of sp³-hybridized carbons (Fsp3) is 0.588. The molecule has 1 aromatic carbocycles. The molecule has 0 saturated carbocycles. The second kappa shape index (κ2) is 8.15. The monoisotopic (exact) mass is 418 g/mol. The predicted molar refractivity (Wildman–Crippen MR) is 103 cm³/mol. The average Bonchev–Trinajstić information content (AvgIpc) is 2.93. The summed E-state index contributed by atoms with van der Waals surface area (Å²) < 4.78 is 56.9. The highest BCUT2D eigenvalue weighted by molar-refractivity contribution is 7.92. The number of hydrogen-bond donors (Lipinski definition) is 1. The van der Waals surface area contributed by atoms with Gasteiger partial charge in [0.1, 0.15) is 5.75 Å². The van der Waals surface area contributed by atoms with Crippen molar-refractivity contribution in [2.75, 3.05) is 23.9 Å². The molecule has 0 unspecified atom stereocenters. The van der Waals surface area contributed by atoms with E-state index in [9.17, 15) is 21.6 Å². The van der Waals surface area contributed by atoms with Crippen molar-refractivity contribution in [2.45, 2.75) is 50.6 Å². The Kier molecular flexibility index (Phi) is 6.54. The van der Waals surface area contributed by atoms with Gasteiger partial charge in [-0.3, -0.25) is 4.79 Å². The molecule has 1 aliphatic heterocycles. The Balaban J connectivity index is 2.51. The first kappa shape index (κ1) is 21.6. The molecule has 2 atom stereocenters. The summed E-state index contributed by atoms with van der Waals surface area (Å²) in [7, 11) is -5.79. The lowest BCUT2D eigenvalue weighted by Gasteiger charge is -2.32. The zero-order chi connectivity index (χ0) is 20.4. The van der Waals surface area contributed by atoms with Crippen LogP contribution in [0.25, 0.3) is 0 Å². The third-order valence-corrected chi connectivity index (χ3v) is 8.46. The predicted octanol–water partition coefficient (Wildman–Crippen LogP) is 1.63. The maximum absolute atomic E-state index is 13.3. The van der Waals surface area contributed by atoms with E-state index >= 15 is 0 Å². The third-order valence-electron chi connectivity index (χ3n) is 4.65. The minimum atomic E-state index is -3.97. The Morgan fingerprint density at radius 1 is 1.41 bits per heavy atom. The summed E-state index contributed by atoms with van der Waals surface area (Å²) in [6.07, 6.45) is 0.825. The van der Waals surface area contributed by atoms with Crippen LogP contribution in [0.1, 0.15) is 33.6 Å². The van der Waals surface area contributed by atoms with Gasteiger partial charge in [0.15, 0.2) is 9.84 Å². The van der Waals surface area contributed by atoms with E-state index in [1.165, 1.54) is 36.5 Å². The molecule has 2 rings (SSSR count). The van der Waals surface area contributed by atoms with E-state index in [1.54, 1.807) is 6.92 Å². The Morgan fingerprint density at radius 2 is 2.07 bits per heavy atom. The van der Waals surface area contributed by atoms with E-state index in [0.29, 0.717) is 12.2 Å². The third kappa shape index (κ3) is 4.80. The van der Waals surface area contributed by atoms with E-state index in [-0.39, 0.29) is 40.5 Å².